The zero-order valence-electron chi connectivity index (χ0n) is 24.4. The lowest BCUT2D eigenvalue weighted by molar-refractivity contribution is 0.182. The molecule has 3 aliphatic heterocycles. The van der Waals surface area contributed by atoms with E-state index in [1.54, 1.807) is 6.08 Å². The molecular weight excluding hydrogens is 550 g/mol. The van der Waals surface area contributed by atoms with Gasteiger partial charge in [0.2, 0.25) is 0 Å². The maximum atomic E-state index is 16.3. The van der Waals surface area contributed by atoms with Crippen molar-refractivity contribution in [3.8, 4) is 6.07 Å². The molecule has 1 aromatic carbocycles. The second-order valence-electron chi connectivity index (χ2n) is 12.3. The quantitative estimate of drug-likeness (QED) is 0.290. The normalized spacial score (nSPS) is 21.0. The first-order valence-electron chi connectivity index (χ1n) is 15.1. The summed E-state index contributed by atoms with van der Waals surface area (Å²) < 4.78 is 31.1. The summed E-state index contributed by atoms with van der Waals surface area (Å²) in [6.07, 6.45) is 13.3. The van der Waals surface area contributed by atoms with Gasteiger partial charge < -0.3 is 10.6 Å². The molecule has 0 spiro atoms. The number of nitrogens with zero attached hydrogens (tertiary/aromatic N) is 5. The van der Waals surface area contributed by atoms with E-state index in [2.05, 4.69) is 16.7 Å². The highest BCUT2D eigenvalue weighted by Crippen LogP contribution is 2.42. The minimum Gasteiger partial charge on any atom is -0.389 e. The number of hydrogen-bond donors (Lipinski definition) is 1. The number of piperidine rings is 1. The lowest BCUT2D eigenvalue weighted by atomic mass is 9.88. The van der Waals surface area contributed by atoms with E-state index in [-0.39, 0.29) is 21.0 Å². The molecule has 6 nitrogen and oxygen atoms in total. The molecule has 220 valence electrons. The van der Waals surface area contributed by atoms with Gasteiger partial charge in [-0.15, -0.1) is 11.3 Å². The summed E-state index contributed by atoms with van der Waals surface area (Å²) in [5, 5.41) is 10.1. The number of rotatable bonds is 7. The van der Waals surface area contributed by atoms with E-state index < -0.39 is 11.6 Å². The van der Waals surface area contributed by atoms with Gasteiger partial charge in [0.05, 0.1) is 10.4 Å². The number of thiophene rings is 1. The number of aryl methyl sites for hydroxylation is 2. The van der Waals surface area contributed by atoms with Crippen molar-refractivity contribution in [2.24, 2.45) is 5.92 Å². The second kappa shape index (κ2) is 11.7. The van der Waals surface area contributed by atoms with Crippen molar-refractivity contribution < 1.29 is 8.78 Å². The van der Waals surface area contributed by atoms with E-state index in [4.69, 9.17) is 21.0 Å². The molecule has 2 N–H and O–H groups in total. The van der Waals surface area contributed by atoms with E-state index in [9.17, 15) is 4.39 Å². The Kier molecular flexibility index (Phi) is 8.03. The van der Waals surface area contributed by atoms with Gasteiger partial charge >= 0.3 is 0 Å². The Hall–Kier alpha value is -3.35. The highest BCUT2D eigenvalue weighted by atomic mass is 32.1. The average molecular weight is 589 g/mol. The molecule has 3 fully saturated rings. The number of benzene rings is 1. The van der Waals surface area contributed by atoms with Crippen LogP contribution in [0.15, 0.2) is 24.3 Å². The molecule has 3 aromatic rings. The molecule has 3 saturated heterocycles. The Bertz CT molecular complexity index is 1590. The third-order valence-electron chi connectivity index (χ3n) is 9.41. The summed E-state index contributed by atoms with van der Waals surface area (Å²) in [6, 6.07) is 5.37. The van der Waals surface area contributed by atoms with Crippen LogP contribution in [-0.2, 0) is 6.42 Å². The predicted octanol–water partition coefficient (Wildman–Crippen LogP) is 7.41. The van der Waals surface area contributed by atoms with E-state index in [1.165, 1.54) is 63.4 Å². The molecule has 0 aliphatic carbocycles. The topological polar surface area (TPSA) is 82.1 Å². The van der Waals surface area contributed by atoms with Crippen LogP contribution in [0, 0.1) is 30.0 Å². The van der Waals surface area contributed by atoms with Crippen LogP contribution in [0.1, 0.15) is 79.3 Å². The number of nitrogen functional groups attached to an aromatic ring is 1. The first kappa shape index (κ1) is 28.8. The number of anilines is 2. The SMILES string of the molecule is Cc1cc2c(N3CCCC(C)C3)nc(CCC34CCCN3CCC4)nc2c(F)c1/C=C/C=C(/F)c1cc(C#N)c(N)s1. The fourth-order valence-corrected chi connectivity index (χ4v) is 8.03. The number of nitrogens with two attached hydrogens (primary N) is 1. The van der Waals surface area contributed by atoms with E-state index in [1.807, 2.05) is 19.1 Å². The molecule has 9 heteroatoms. The van der Waals surface area contributed by atoms with Gasteiger partial charge in [-0.2, -0.15) is 5.26 Å². The van der Waals surface area contributed by atoms with Crippen molar-refractivity contribution in [1.82, 2.24) is 14.9 Å². The van der Waals surface area contributed by atoms with Crippen LogP contribution in [0.5, 0.6) is 0 Å². The number of aromatic nitrogens is 2. The maximum Gasteiger partial charge on any atom is 0.157 e. The van der Waals surface area contributed by atoms with Gasteiger partial charge in [0.1, 0.15) is 34.1 Å². The van der Waals surface area contributed by atoms with Gasteiger partial charge in [0.15, 0.2) is 5.82 Å². The van der Waals surface area contributed by atoms with E-state index >= 15 is 4.39 Å². The fraction of sp³-hybridized carbons (Fsp3) is 0.485. The Morgan fingerprint density at radius 3 is 2.71 bits per heavy atom. The molecule has 0 amide bonds. The smallest absolute Gasteiger partial charge is 0.157 e. The van der Waals surface area contributed by atoms with Crippen molar-refractivity contribution in [3.63, 3.8) is 0 Å². The third kappa shape index (κ3) is 5.43. The first-order chi connectivity index (χ1) is 20.3. The Balaban J connectivity index is 1.36. The van der Waals surface area contributed by atoms with Crippen LogP contribution in [-0.4, -0.2) is 46.6 Å². The number of nitriles is 1. The molecule has 1 unspecified atom stereocenters. The van der Waals surface area contributed by atoms with Crippen molar-refractivity contribution >= 4 is 45.0 Å². The Morgan fingerprint density at radius 2 is 2.00 bits per heavy atom. The summed E-state index contributed by atoms with van der Waals surface area (Å²) in [6.45, 7) is 8.28. The van der Waals surface area contributed by atoms with Crippen LogP contribution in [0.25, 0.3) is 22.8 Å². The van der Waals surface area contributed by atoms with Crippen molar-refractivity contribution in [3.05, 3.63) is 57.5 Å². The van der Waals surface area contributed by atoms with Crippen molar-refractivity contribution in [1.29, 1.82) is 5.26 Å². The minimum absolute atomic E-state index is 0.246. The average Bonchev–Trinajstić information content (AvgIpc) is 3.67. The summed E-state index contributed by atoms with van der Waals surface area (Å²) in [5.74, 6) is 1.16. The zero-order chi connectivity index (χ0) is 29.4. The van der Waals surface area contributed by atoms with E-state index in [0.29, 0.717) is 22.8 Å². The molecule has 3 aliphatic rings. The predicted molar refractivity (Wildman–Crippen MR) is 168 cm³/mol. The minimum atomic E-state index is -0.526. The molecule has 0 radical (unpaired) electrons. The lowest BCUT2D eigenvalue weighted by Crippen LogP contribution is -2.38. The van der Waals surface area contributed by atoms with Crippen molar-refractivity contribution in [2.45, 2.75) is 70.8 Å². The van der Waals surface area contributed by atoms with Crippen LogP contribution in [0.3, 0.4) is 0 Å². The first-order valence-corrected chi connectivity index (χ1v) is 15.9. The molecule has 1 atom stereocenters. The number of halogens is 2. The molecule has 42 heavy (non-hydrogen) atoms. The number of hydrogen-bond acceptors (Lipinski definition) is 7. The number of allylic oxidation sites excluding steroid dienone is 2. The molecule has 0 saturated carbocycles. The summed E-state index contributed by atoms with van der Waals surface area (Å²) in [4.78, 5) is 15.2. The lowest BCUT2D eigenvalue weighted by Gasteiger charge is -2.33. The third-order valence-corrected chi connectivity index (χ3v) is 10.4. The second-order valence-corrected chi connectivity index (χ2v) is 13.4. The summed E-state index contributed by atoms with van der Waals surface area (Å²) in [7, 11) is 0. The van der Waals surface area contributed by atoms with Crippen LogP contribution < -0.4 is 10.6 Å². The van der Waals surface area contributed by atoms with Crippen LogP contribution in [0.2, 0.25) is 0 Å². The van der Waals surface area contributed by atoms with Gasteiger partial charge in [0, 0.05) is 36.0 Å². The summed E-state index contributed by atoms with van der Waals surface area (Å²) in [5.41, 5.74) is 7.74. The van der Waals surface area contributed by atoms with Crippen LogP contribution in [0.4, 0.5) is 19.6 Å². The van der Waals surface area contributed by atoms with E-state index in [0.717, 1.165) is 60.5 Å². The molecule has 2 aromatic heterocycles. The highest BCUT2D eigenvalue weighted by Gasteiger charge is 2.43. The Morgan fingerprint density at radius 1 is 1.21 bits per heavy atom. The highest BCUT2D eigenvalue weighted by molar-refractivity contribution is 7.17. The monoisotopic (exact) mass is 588 g/mol. The largest absolute Gasteiger partial charge is 0.389 e. The molecular formula is C33H38F2N6S. The Labute approximate surface area is 250 Å². The van der Waals surface area contributed by atoms with Gasteiger partial charge in [0.25, 0.3) is 0 Å². The van der Waals surface area contributed by atoms with Gasteiger partial charge in [-0.05, 0) is 94.6 Å². The number of fused-ring (bicyclic) bond motifs is 2. The van der Waals surface area contributed by atoms with Gasteiger partial charge in [-0.25, -0.2) is 18.7 Å². The fourth-order valence-electron chi connectivity index (χ4n) is 7.24. The van der Waals surface area contributed by atoms with Crippen LogP contribution >= 0.6 is 11.3 Å². The zero-order valence-corrected chi connectivity index (χ0v) is 25.2. The molecule has 0 bridgehead atoms. The summed E-state index contributed by atoms with van der Waals surface area (Å²) >= 11 is 1.02. The molecule has 5 heterocycles. The van der Waals surface area contributed by atoms with Gasteiger partial charge in [-0.3, -0.25) is 4.90 Å². The maximum absolute atomic E-state index is 16.3. The molecule has 6 rings (SSSR count). The van der Waals surface area contributed by atoms with Gasteiger partial charge in [-0.1, -0.05) is 19.1 Å². The van der Waals surface area contributed by atoms with Crippen molar-refractivity contribution in [2.75, 3.05) is 36.8 Å². The standard InChI is InChI=1S/C33H38F2N6S/c1-21-7-4-14-40(20-21)32-25-17-22(2)24(8-3-9-26(34)27-18-23(19-36)31(37)42-27)29(35)30(25)38-28(39-32)10-13-33-11-5-15-41(33)16-6-12-33/h3,8-9,17-18,21H,4-7,10-16,20,37H2,1-2H3/b8-3+,26-9+.